The quantitative estimate of drug-likeness (QED) is 0.757. The third-order valence-corrected chi connectivity index (χ3v) is 2.53. The molecule has 2 heterocycles. The topological polar surface area (TPSA) is 75.0 Å². The van der Waals surface area contributed by atoms with Gasteiger partial charge in [-0.1, -0.05) is 0 Å². The first-order valence-electron chi connectivity index (χ1n) is 4.87. The minimum absolute atomic E-state index is 0. The van der Waals surface area contributed by atoms with Crippen molar-refractivity contribution in [2.45, 2.75) is 19.3 Å². The van der Waals surface area contributed by atoms with Crippen LogP contribution in [0.15, 0.2) is 6.33 Å². The number of nitrogens with zero attached hydrogens (tertiary/aromatic N) is 2. The molecule has 0 saturated carbocycles. The van der Waals surface area contributed by atoms with Crippen LogP contribution in [0.2, 0.25) is 0 Å². The first-order chi connectivity index (χ1) is 6.79. The highest BCUT2D eigenvalue weighted by atomic mass is 35.5. The van der Waals surface area contributed by atoms with E-state index in [4.69, 9.17) is 5.73 Å². The average molecular weight is 231 g/mol. The summed E-state index contributed by atoms with van der Waals surface area (Å²) in [7, 11) is 0. The molecule has 0 atom stereocenters. The molecule has 0 aromatic carbocycles. The highest BCUT2D eigenvalue weighted by Gasteiger charge is 2.21. The number of aromatic amines is 1. The number of H-pyrrole nitrogens is 1. The molecule has 0 aliphatic carbocycles. The fourth-order valence-corrected chi connectivity index (χ4v) is 1.73. The van der Waals surface area contributed by atoms with Gasteiger partial charge in [-0.15, -0.1) is 12.4 Å². The van der Waals surface area contributed by atoms with E-state index < -0.39 is 0 Å². The van der Waals surface area contributed by atoms with Crippen molar-refractivity contribution in [2.75, 3.05) is 18.8 Å². The molecule has 1 aliphatic heterocycles. The maximum absolute atomic E-state index is 11.9. The minimum Gasteiger partial charge on any atom is -0.382 e. The summed E-state index contributed by atoms with van der Waals surface area (Å²) in [6.45, 7) is 1.66. The first-order valence-corrected chi connectivity index (χ1v) is 4.87. The number of piperidine rings is 1. The second-order valence-electron chi connectivity index (χ2n) is 3.52. The van der Waals surface area contributed by atoms with E-state index in [1.54, 1.807) is 0 Å². The number of nitrogen functional groups attached to an aromatic ring is 1. The summed E-state index contributed by atoms with van der Waals surface area (Å²) < 4.78 is 0. The van der Waals surface area contributed by atoms with E-state index in [0.717, 1.165) is 25.9 Å². The molecular formula is C9H15ClN4O. The lowest BCUT2D eigenvalue weighted by molar-refractivity contribution is 0.0720. The molecule has 2 rings (SSSR count). The number of hydrogen-bond acceptors (Lipinski definition) is 3. The number of nitrogens with two attached hydrogens (primary N) is 1. The van der Waals surface area contributed by atoms with Crippen LogP contribution < -0.4 is 5.73 Å². The lowest BCUT2D eigenvalue weighted by Gasteiger charge is -2.26. The van der Waals surface area contributed by atoms with Crippen LogP contribution in [0, 0.1) is 0 Å². The fraction of sp³-hybridized carbons (Fsp3) is 0.556. The summed E-state index contributed by atoms with van der Waals surface area (Å²) in [5.41, 5.74) is 5.98. The predicted molar refractivity (Wildman–Crippen MR) is 60.0 cm³/mol. The molecule has 1 fully saturated rings. The Balaban J connectivity index is 0.00000112. The van der Waals surface area contributed by atoms with Gasteiger partial charge >= 0.3 is 0 Å². The molecule has 0 spiro atoms. The molecule has 0 unspecified atom stereocenters. The van der Waals surface area contributed by atoms with Gasteiger partial charge in [-0.25, -0.2) is 4.98 Å². The van der Waals surface area contributed by atoms with E-state index in [-0.39, 0.29) is 18.3 Å². The van der Waals surface area contributed by atoms with E-state index in [1.807, 2.05) is 4.90 Å². The molecular weight excluding hydrogens is 216 g/mol. The number of halogens is 1. The minimum atomic E-state index is -0.0281. The van der Waals surface area contributed by atoms with Crippen molar-refractivity contribution in [2.24, 2.45) is 0 Å². The van der Waals surface area contributed by atoms with Gasteiger partial charge in [0.05, 0.1) is 6.33 Å². The van der Waals surface area contributed by atoms with Crippen molar-refractivity contribution >= 4 is 24.1 Å². The lowest BCUT2D eigenvalue weighted by Crippen LogP contribution is -2.36. The third-order valence-electron chi connectivity index (χ3n) is 2.53. The summed E-state index contributed by atoms with van der Waals surface area (Å²) in [5, 5.41) is 0. The Morgan fingerprint density at radius 1 is 1.40 bits per heavy atom. The second kappa shape index (κ2) is 5.02. The zero-order valence-corrected chi connectivity index (χ0v) is 9.22. The summed E-state index contributed by atoms with van der Waals surface area (Å²) in [6, 6.07) is 0. The number of anilines is 1. The second-order valence-corrected chi connectivity index (χ2v) is 3.52. The van der Waals surface area contributed by atoms with Crippen molar-refractivity contribution in [3.05, 3.63) is 12.0 Å². The number of carbonyl (C=O) groups is 1. The highest BCUT2D eigenvalue weighted by Crippen LogP contribution is 2.14. The van der Waals surface area contributed by atoms with Gasteiger partial charge in [0.1, 0.15) is 5.69 Å². The van der Waals surface area contributed by atoms with E-state index in [2.05, 4.69) is 9.97 Å². The predicted octanol–water partition coefficient (Wildman–Crippen LogP) is 1.04. The number of imidazole rings is 1. The molecule has 1 aromatic rings. The molecule has 0 bridgehead atoms. The van der Waals surface area contributed by atoms with Crippen LogP contribution in [0.4, 0.5) is 5.82 Å². The van der Waals surface area contributed by atoms with Gasteiger partial charge in [0.15, 0.2) is 5.82 Å². The normalized spacial score (nSPS) is 15.9. The zero-order chi connectivity index (χ0) is 9.97. The van der Waals surface area contributed by atoms with Crippen molar-refractivity contribution in [3.63, 3.8) is 0 Å². The molecule has 15 heavy (non-hydrogen) atoms. The molecule has 6 heteroatoms. The fourth-order valence-electron chi connectivity index (χ4n) is 1.73. The molecule has 3 N–H and O–H groups in total. The van der Waals surface area contributed by atoms with Gasteiger partial charge < -0.3 is 15.6 Å². The van der Waals surface area contributed by atoms with Crippen LogP contribution in [0.3, 0.4) is 0 Å². The Hall–Kier alpha value is -1.23. The molecule has 0 radical (unpaired) electrons. The van der Waals surface area contributed by atoms with Crippen molar-refractivity contribution < 1.29 is 4.79 Å². The summed E-state index contributed by atoms with van der Waals surface area (Å²) in [4.78, 5) is 20.3. The maximum atomic E-state index is 11.9. The molecule has 1 saturated heterocycles. The molecule has 84 valence electrons. The largest absolute Gasteiger partial charge is 0.382 e. The number of rotatable bonds is 1. The van der Waals surface area contributed by atoms with Gasteiger partial charge in [0, 0.05) is 13.1 Å². The van der Waals surface area contributed by atoms with Gasteiger partial charge in [0.25, 0.3) is 5.91 Å². The Bertz CT molecular complexity index is 333. The molecule has 1 amide bonds. The number of likely N-dealkylation sites (tertiary alicyclic amines) is 1. The maximum Gasteiger partial charge on any atom is 0.274 e. The van der Waals surface area contributed by atoms with Crippen LogP contribution in [-0.4, -0.2) is 33.9 Å². The Kier molecular flexibility index (Phi) is 3.96. The molecule has 1 aromatic heterocycles. The van der Waals surface area contributed by atoms with E-state index in [9.17, 15) is 4.79 Å². The lowest BCUT2D eigenvalue weighted by atomic mass is 10.1. The number of carbonyl (C=O) groups excluding carboxylic acids is 1. The zero-order valence-electron chi connectivity index (χ0n) is 8.40. The monoisotopic (exact) mass is 230 g/mol. The Morgan fingerprint density at radius 2 is 2.07 bits per heavy atom. The van der Waals surface area contributed by atoms with Crippen LogP contribution in [0.5, 0.6) is 0 Å². The summed E-state index contributed by atoms with van der Waals surface area (Å²) in [5.74, 6) is 0.264. The van der Waals surface area contributed by atoms with E-state index >= 15 is 0 Å². The van der Waals surface area contributed by atoms with Crippen molar-refractivity contribution in [3.8, 4) is 0 Å². The van der Waals surface area contributed by atoms with E-state index in [1.165, 1.54) is 12.7 Å². The van der Waals surface area contributed by atoms with Gasteiger partial charge in [0.2, 0.25) is 0 Å². The number of hydrogen-bond donors (Lipinski definition) is 2. The van der Waals surface area contributed by atoms with E-state index in [0.29, 0.717) is 11.5 Å². The van der Waals surface area contributed by atoms with Gasteiger partial charge in [-0.05, 0) is 19.3 Å². The molecule has 1 aliphatic rings. The first kappa shape index (κ1) is 11.8. The molecule has 5 nitrogen and oxygen atoms in total. The third kappa shape index (κ3) is 2.41. The number of nitrogens with one attached hydrogen (secondary N) is 1. The highest BCUT2D eigenvalue weighted by molar-refractivity contribution is 5.96. The summed E-state index contributed by atoms with van der Waals surface area (Å²) in [6.07, 6.45) is 4.83. The smallest absolute Gasteiger partial charge is 0.274 e. The SMILES string of the molecule is Cl.Nc1nc[nH]c1C(=O)N1CCCCC1. The average Bonchev–Trinajstić information content (AvgIpc) is 2.65. The van der Waals surface area contributed by atoms with Crippen LogP contribution >= 0.6 is 12.4 Å². The Morgan fingerprint density at radius 3 is 2.60 bits per heavy atom. The number of aromatic nitrogens is 2. The summed E-state index contributed by atoms with van der Waals surface area (Å²) >= 11 is 0. The van der Waals surface area contributed by atoms with Crippen molar-refractivity contribution in [1.29, 1.82) is 0 Å². The van der Waals surface area contributed by atoms with Crippen LogP contribution in [0.25, 0.3) is 0 Å². The van der Waals surface area contributed by atoms with Crippen LogP contribution in [-0.2, 0) is 0 Å². The standard InChI is InChI=1S/C9H14N4O.ClH/c10-8-7(11-6-12-8)9(14)13-4-2-1-3-5-13;/h6H,1-5,10H2,(H,11,12);1H. The van der Waals surface area contributed by atoms with Crippen molar-refractivity contribution in [1.82, 2.24) is 14.9 Å². The van der Waals surface area contributed by atoms with Gasteiger partial charge in [-0.3, -0.25) is 4.79 Å². The van der Waals surface area contributed by atoms with Crippen LogP contribution in [0.1, 0.15) is 29.8 Å². The Labute approximate surface area is 94.5 Å². The van der Waals surface area contributed by atoms with Gasteiger partial charge in [-0.2, -0.15) is 0 Å². The number of amides is 1.